The highest BCUT2D eigenvalue weighted by atomic mass is 127. The Morgan fingerprint density at radius 1 is 0.788 bits per heavy atom. The number of carbonyl (C=O) groups is 2. The third kappa shape index (κ3) is 9.82. The summed E-state index contributed by atoms with van der Waals surface area (Å²) in [7, 11) is 0. The molecule has 0 saturated carbocycles. The molecular weight excluding hydrogens is 1110 g/mol. The monoisotopic (exact) mass is 1130 g/mol. The van der Waals surface area contributed by atoms with E-state index in [-0.39, 0.29) is 25.2 Å². The van der Waals surface area contributed by atoms with Gasteiger partial charge in [0.05, 0.1) is 17.7 Å². The van der Waals surface area contributed by atoms with Crippen LogP contribution in [0.1, 0.15) is 27.1 Å². The lowest BCUT2D eigenvalue weighted by Crippen LogP contribution is -3.13. The van der Waals surface area contributed by atoms with Gasteiger partial charge < -0.3 is 20.1 Å². The lowest BCUT2D eigenvalue weighted by Gasteiger charge is -2.19. The Balaban J connectivity index is 1.90. The number of halogens is 6. The molecular formula is C21H21I6N2O4+. The summed E-state index contributed by atoms with van der Waals surface area (Å²) in [6.07, 6.45) is 0.844. The van der Waals surface area contributed by atoms with Gasteiger partial charge in [-0.05, 0) is 166 Å². The van der Waals surface area contributed by atoms with Gasteiger partial charge in [0.2, 0.25) is 0 Å². The van der Waals surface area contributed by atoms with Gasteiger partial charge in [-0.15, -0.1) is 0 Å². The summed E-state index contributed by atoms with van der Waals surface area (Å²) >= 11 is 13.2. The number of nitrogens with two attached hydrogens (primary N) is 1. The number of benzene rings is 2. The third-order valence-corrected chi connectivity index (χ3v) is 12.2. The first kappa shape index (κ1) is 30.9. The van der Waals surface area contributed by atoms with E-state index in [2.05, 4.69) is 136 Å². The second-order valence-corrected chi connectivity index (χ2v) is 13.8. The van der Waals surface area contributed by atoms with Gasteiger partial charge in [0, 0.05) is 27.8 Å². The maximum atomic E-state index is 12.6. The van der Waals surface area contributed by atoms with Gasteiger partial charge in [0.1, 0.15) is 26.3 Å². The Morgan fingerprint density at radius 2 is 1.39 bits per heavy atom. The van der Waals surface area contributed by atoms with Crippen molar-refractivity contribution >= 4 is 147 Å². The van der Waals surface area contributed by atoms with Crippen molar-refractivity contribution in [2.75, 3.05) is 39.4 Å². The van der Waals surface area contributed by atoms with Crippen LogP contribution in [0, 0.1) is 21.4 Å². The van der Waals surface area contributed by atoms with E-state index in [1.807, 2.05) is 24.3 Å². The molecule has 0 heterocycles. The first-order chi connectivity index (χ1) is 15.6. The van der Waals surface area contributed by atoms with Gasteiger partial charge in [-0.3, -0.25) is 0 Å². The van der Waals surface area contributed by atoms with Crippen LogP contribution < -0.4 is 10.6 Å². The van der Waals surface area contributed by atoms with Crippen LogP contribution in [-0.4, -0.2) is 51.3 Å². The second kappa shape index (κ2) is 15.8. The highest BCUT2D eigenvalue weighted by Crippen LogP contribution is 2.25. The van der Waals surface area contributed by atoms with Gasteiger partial charge in [-0.25, -0.2) is 9.59 Å². The summed E-state index contributed by atoms with van der Waals surface area (Å²) in [4.78, 5) is 26.4. The Labute approximate surface area is 275 Å². The number of rotatable bonds is 11. The number of carbonyl (C=O) groups excluding carboxylic acids is 2. The van der Waals surface area contributed by atoms with E-state index < -0.39 is 0 Å². The van der Waals surface area contributed by atoms with Crippen LogP contribution in [0.4, 0.5) is 0 Å². The number of ether oxygens (including phenoxy) is 2. The van der Waals surface area contributed by atoms with Crippen molar-refractivity contribution in [3.8, 4) is 0 Å². The highest BCUT2D eigenvalue weighted by molar-refractivity contribution is 14.1. The molecule has 0 aliphatic rings. The molecule has 3 N–H and O–H groups in total. The molecule has 1 atom stereocenters. The van der Waals surface area contributed by atoms with Crippen molar-refractivity contribution < 1.29 is 24.0 Å². The quantitative estimate of drug-likeness (QED) is 0.196. The Bertz CT molecular complexity index is 1010. The fourth-order valence-electron chi connectivity index (χ4n) is 2.87. The smallest absolute Gasteiger partial charge is 0.340 e. The van der Waals surface area contributed by atoms with E-state index in [1.165, 1.54) is 4.90 Å². The predicted molar refractivity (Wildman–Crippen MR) is 179 cm³/mol. The molecule has 0 aromatic heterocycles. The standard InChI is InChI=1S/C21H20I6N2O4/c22-12-10-13(18(26)16(25)11-12)20(30)32-8-6-29(5-1-4-28)7-9-33-21(31)17-14(23)2-3-15(24)19(17)27/h2-3,10-11H,1,4-9,28H2/p+1. The number of hydrogen-bond acceptors (Lipinski definition) is 5. The Kier molecular flexibility index (Phi) is 14.8. The minimum absolute atomic E-state index is 0.289. The number of esters is 2. The van der Waals surface area contributed by atoms with Crippen molar-refractivity contribution in [1.29, 1.82) is 0 Å². The van der Waals surface area contributed by atoms with Crippen molar-refractivity contribution in [3.05, 3.63) is 56.8 Å². The van der Waals surface area contributed by atoms with Gasteiger partial charge in [-0.1, -0.05) is 0 Å². The molecule has 0 amide bonds. The fourth-order valence-corrected chi connectivity index (χ4v) is 7.57. The van der Waals surface area contributed by atoms with Crippen LogP contribution >= 0.6 is 136 Å². The van der Waals surface area contributed by atoms with E-state index in [4.69, 9.17) is 15.2 Å². The SMILES string of the molecule is NCCC[NH+](CCOC(=O)c1cc(I)cc(I)c1I)CCOC(=O)c1c(I)ccc(I)c1I. The number of hydrogen-bond donors (Lipinski definition) is 2. The minimum atomic E-state index is -0.316. The van der Waals surface area contributed by atoms with Gasteiger partial charge in [0.15, 0.2) is 0 Å². The summed E-state index contributed by atoms with van der Waals surface area (Å²) in [5.74, 6) is -0.627. The first-order valence-corrected chi connectivity index (χ1v) is 16.3. The predicted octanol–water partition coefficient (Wildman–Crippen LogP) is 4.56. The van der Waals surface area contributed by atoms with Crippen molar-refractivity contribution in [3.63, 3.8) is 0 Å². The summed E-state index contributed by atoms with van der Waals surface area (Å²) in [5, 5.41) is 0. The second-order valence-electron chi connectivity index (χ2n) is 6.88. The van der Waals surface area contributed by atoms with E-state index in [9.17, 15) is 9.59 Å². The summed E-state index contributed by atoms with van der Waals surface area (Å²) in [6.45, 7) is 3.23. The normalized spacial score (nSPS) is 11.8. The van der Waals surface area contributed by atoms with Crippen LogP contribution in [0.5, 0.6) is 0 Å². The lowest BCUT2D eigenvalue weighted by atomic mass is 10.2. The third-order valence-electron chi connectivity index (χ3n) is 4.57. The average Bonchev–Trinajstić information content (AvgIpc) is 2.76. The topological polar surface area (TPSA) is 83.1 Å². The molecule has 0 radical (unpaired) electrons. The van der Waals surface area contributed by atoms with E-state index >= 15 is 0 Å². The number of nitrogens with one attached hydrogen (secondary N) is 1. The molecule has 0 aliphatic heterocycles. The maximum Gasteiger partial charge on any atom is 0.340 e. The molecule has 0 saturated heterocycles. The molecule has 180 valence electrons. The maximum absolute atomic E-state index is 12.6. The van der Waals surface area contributed by atoms with Crippen LogP contribution in [0.2, 0.25) is 0 Å². The molecule has 0 bridgehead atoms. The Hall–Kier alpha value is 1.68. The van der Waals surface area contributed by atoms with Gasteiger partial charge in [0.25, 0.3) is 0 Å². The van der Waals surface area contributed by atoms with Gasteiger partial charge >= 0.3 is 11.9 Å². The van der Waals surface area contributed by atoms with Crippen molar-refractivity contribution in [2.24, 2.45) is 5.73 Å². The summed E-state index contributed by atoms with van der Waals surface area (Å²) in [5.41, 5.74) is 6.89. The van der Waals surface area contributed by atoms with Crippen molar-refractivity contribution in [2.45, 2.75) is 6.42 Å². The van der Waals surface area contributed by atoms with Gasteiger partial charge in [-0.2, -0.15) is 0 Å². The lowest BCUT2D eigenvalue weighted by molar-refractivity contribution is -0.900. The highest BCUT2D eigenvalue weighted by Gasteiger charge is 2.20. The molecule has 12 heteroatoms. The fraction of sp³-hybridized carbons (Fsp3) is 0.333. The van der Waals surface area contributed by atoms with Crippen molar-refractivity contribution in [1.82, 2.24) is 0 Å². The molecule has 0 spiro atoms. The van der Waals surface area contributed by atoms with E-state index in [0.717, 1.165) is 34.4 Å². The molecule has 2 aromatic carbocycles. The molecule has 2 rings (SSSR count). The molecule has 2 aromatic rings. The zero-order chi connectivity index (χ0) is 24.5. The largest absolute Gasteiger partial charge is 0.456 e. The molecule has 0 aliphatic carbocycles. The molecule has 1 unspecified atom stereocenters. The molecule has 6 nitrogen and oxygen atoms in total. The minimum Gasteiger partial charge on any atom is -0.456 e. The average molecular weight is 1130 g/mol. The zero-order valence-electron chi connectivity index (χ0n) is 17.2. The molecule has 33 heavy (non-hydrogen) atoms. The van der Waals surface area contributed by atoms with Crippen LogP contribution in [-0.2, 0) is 9.47 Å². The summed E-state index contributed by atoms with van der Waals surface area (Å²) in [6, 6.07) is 7.78. The van der Waals surface area contributed by atoms with E-state index in [0.29, 0.717) is 30.8 Å². The van der Waals surface area contributed by atoms with Crippen LogP contribution in [0.3, 0.4) is 0 Å². The van der Waals surface area contributed by atoms with Crippen LogP contribution in [0.15, 0.2) is 24.3 Å². The first-order valence-electron chi connectivity index (χ1n) is 9.81. The molecule has 0 fully saturated rings. The van der Waals surface area contributed by atoms with Crippen LogP contribution in [0.25, 0.3) is 0 Å². The number of quaternary nitrogens is 1. The summed E-state index contributed by atoms with van der Waals surface area (Å²) < 4.78 is 16.9. The zero-order valence-corrected chi connectivity index (χ0v) is 30.2. The Morgan fingerprint density at radius 3 is 2.03 bits per heavy atom. The van der Waals surface area contributed by atoms with E-state index in [1.54, 1.807) is 0 Å².